The molecule has 158 valence electrons. The molecule has 1 N–H and O–H groups in total. The van der Waals surface area contributed by atoms with Gasteiger partial charge in [-0.25, -0.2) is 9.59 Å². The van der Waals surface area contributed by atoms with Crippen LogP contribution >= 0.6 is 0 Å². The van der Waals surface area contributed by atoms with Gasteiger partial charge >= 0.3 is 12.0 Å². The summed E-state index contributed by atoms with van der Waals surface area (Å²) in [6.07, 6.45) is 0.895. The minimum Gasteiger partial charge on any atom is -0.487 e. The Morgan fingerprint density at radius 3 is 2.60 bits per heavy atom. The molecule has 30 heavy (non-hydrogen) atoms. The van der Waals surface area contributed by atoms with Gasteiger partial charge in [-0.05, 0) is 43.5 Å². The summed E-state index contributed by atoms with van der Waals surface area (Å²) in [5.41, 5.74) is 3.89. The van der Waals surface area contributed by atoms with Gasteiger partial charge in [-0.3, -0.25) is 4.90 Å². The predicted molar refractivity (Wildman–Crippen MR) is 115 cm³/mol. The fourth-order valence-electron chi connectivity index (χ4n) is 3.49. The van der Waals surface area contributed by atoms with E-state index < -0.39 is 12.0 Å². The highest BCUT2D eigenvalue weighted by Crippen LogP contribution is 2.31. The average molecular weight is 408 g/mol. The molecule has 0 saturated heterocycles. The van der Waals surface area contributed by atoms with Crippen LogP contribution in [0.15, 0.2) is 59.8 Å². The summed E-state index contributed by atoms with van der Waals surface area (Å²) in [5, 5.41) is 2.92. The largest absolute Gasteiger partial charge is 0.487 e. The normalized spacial score (nSPS) is 16.3. The van der Waals surface area contributed by atoms with Crippen LogP contribution in [0.25, 0.3) is 0 Å². The van der Waals surface area contributed by atoms with Crippen molar-refractivity contribution in [2.75, 3.05) is 20.3 Å². The van der Waals surface area contributed by atoms with E-state index in [0.29, 0.717) is 17.0 Å². The zero-order valence-corrected chi connectivity index (χ0v) is 17.9. The number of carbonyl (C=O) groups is 2. The van der Waals surface area contributed by atoms with Crippen LogP contribution in [0.5, 0.6) is 5.75 Å². The minimum absolute atomic E-state index is 0.0769. The van der Waals surface area contributed by atoms with Gasteiger partial charge in [0.1, 0.15) is 12.4 Å². The van der Waals surface area contributed by atoms with Crippen molar-refractivity contribution in [3.05, 3.63) is 76.5 Å². The molecule has 0 fully saturated rings. The number of hydrogen-bond acceptors (Lipinski definition) is 4. The Morgan fingerprint density at radius 1 is 1.13 bits per heavy atom. The lowest BCUT2D eigenvalue weighted by Crippen LogP contribution is -2.48. The number of benzene rings is 2. The van der Waals surface area contributed by atoms with Crippen LogP contribution < -0.4 is 10.1 Å². The van der Waals surface area contributed by atoms with Gasteiger partial charge < -0.3 is 14.8 Å². The molecule has 1 aliphatic heterocycles. The Labute approximate surface area is 177 Å². The van der Waals surface area contributed by atoms with Crippen LogP contribution in [0, 0.1) is 6.92 Å². The first kappa shape index (κ1) is 21.4. The zero-order valence-electron chi connectivity index (χ0n) is 17.9. The number of rotatable bonds is 7. The lowest BCUT2D eigenvalue weighted by molar-refractivity contribution is -0.139. The second-order valence-corrected chi connectivity index (χ2v) is 7.23. The molecule has 0 bridgehead atoms. The molecule has 0 spiro atoms. The SMILES string of the molecule is CCOC(=O)C1=C(COc2cccc(CC)c2)N(C)C(=O)N[C@H]1c1cccc(C)c1. The maximum Gasteiger partial charge on any atom is 0.338 e. The van der Waals surface area contributed by atoms with Crippen molar-refractivity contribution in [1.29, 1.82) is 0 Å². The second kappa shape index (κ2) is 9.48. The number of carbonyl (C=O) groups excluding carboxylic acids is 2. The first-order chi connectivity index (χ1) is 14.4. The van der Waals surface area contributed by atoms with Gasteiger partial charge in [0.15, 0.2) is 0 Å². The highest BCUT2D eigenvalue weighted by atomic mass is 16.5. The summed E-state index contributed by atoms with van der Waals surface area (Å²) in [6.45, 7) is 6.13. The van der Waals surface area contributed by atoms with E-state index >= 15 is 0 Å². The topological polar surface area (TPSA) is 67.9 Å². The first-order valence-electron chi connectivity index (χ1n) is 10.2. The van der Waals surface area contributed by atoms with Crippen molar-refractivity contribution in [2.45, 2.75) is 33.2 Å². The van der Waals surface area contributed by atoms with Gasteiger partial charge in [0, 0.05) is 7.05 Å². The van der Waals surface area contributed by atoms with Crippen LogP contribution in [-0.2, 0) is 16.0 Å². The van der Waals surface area contributed by atoms with Crippen LogP contribution in [-0.4, -0.2) is 37.2 Å². The third kappa shape index (κ3) is 4.64. The monoisotopic (exact) mass is 408 g/mol. The lowest BCUT2D eigenvalue weighted by Gasteiger charge is -2.34. The highest BCUT2D eigenvalue weighted by molar-refractivity contribution is 5.95. The Kier molecular flexibility index (Phi) is 6.77. The van der Waals surface area contributed by atoms with E-state index in [1.807, 2.05) is 55.5 Å². The van der Waals surface area contributed by atoms with E-state index in [9.17, 15) is 9.59 Å². The maximum absolute atomic E-state index is 12.9. The number of hydrogen-bond donors (Lipinski definition) is 1. The van der Waals surface area contributed by atoms with Crippen molar-refractivity contribution in [2.24, 2.45) is 0 Å². The summed E-state index contributed by atoms with van der Waals surface area (Å²) in [4.78, 5) is 27.0. The molecule has 6 nitrogen and oxygen atoms in total. The van der Waals surface area contributed by atoms with Gasteiger partial charge in [0.05, 0.1) is 23.9 Å². The van der Waals surface area contributed by atoms with E-state index in [1.165, 1.54) is 4.90 Å². The lowest BCUT2D eigenvalue weighted by atomic mass is 9.94. The predicted octanol–water partition coefficient (Wildman–Crippen LogP) is 4.15. The van der Waals surface area contributed by atoms with Crippen molar-refractivity contribution < 1.29 is 19.1 Å². The van der Waals surface area contributed by atoms with Crippen molar-refractivity contribution in [1.82, 2.24) is 10.2 Å². The van der Waals surface area contributed by atoms with Crippen molar-refractivity contribution in [3.63, 3.8) is 0 Å². The van der Waals surface area contributed by atoms with Gasteiger partial charge in [-0.1, -0.05) is 48.9 Å². The van der Waals surface area contributed by atoms with E-state index in [4.69, 9.17) is 9.47 Å². The molecule has 0 radical (unpaired) electrons. The molecule has 2 aromatic rings. The van der Waals surface area contributed by atoms with Crippen LogP contribution in [0.2, 0.25) is 0 Å². The molecule has 3 rings (SSSR count). The fourth-order valence-corrected chi connectivity index (χ4v) is 3.49. The summed E-state index contributed by atoms with van der Waals surface area (Å²) in [6, 6.07) is 14.6. The third-order valence-electron chi connectivity index (χ3n) is 5.13. The standard InChI is InChI=1S/C24H28N2O4/c1-5-17-10-8-12-19(14-17)30-15-20-21(23(27)29-6-2)22(25-24(28)26(20)4)18-11-7-9-16(3)13-18/h7-14,22H,5-6,15H2,1-4H3,(H,25,28)/t22-/m0/s1. The highest BCUT2D eigenvalue weighted by Gasteiger charge is 2.37. The Balaban J connectivity index is 2.02. The Hall–Kier alpha value is -3.28. The van der Waals surface area contributed by atoms with Crippen LogP contribution in [0.3, 0.4) is 0 Å². The first-order valence-corrected chi connectivity index (χ1v) is 10.2. The number of ether oxygens (including phenoxy) is 2. The molecule has 1 aliphatic rings. The van der Waals surface area contributed by atoms with Gasteiger partial charge in [-0.15, -0.1) is 0 Å². The number of aryl methyl sites for hydroxylation is 2. The van der Waals surface area contributed by atoms with Crippen molar-refractivity contribution in [3.8, 4) is 5.75 Å². The smallest absolute Gasteiger partial charge is 0.338 e. The number of urea groups is 1. The second-order valence-electron chi connectivity index (χ2n) is 7.23. The zero-order chi connectivity index (χ0) is 21.7. The van der Waals surface area contributed by atoms with E-state index in [-0.39, 0.29) is 19.2 Å². The van der Waals surface area contributed by atoms with Gasteiger partial charge in [0.25, 0.3) is 0 Å². The number of amides is 2. The number of esters is 1. The fraction of sp³-hybridized carbons (Fsp3) is 0.333. The summed E-state index contributed by atoms with van der Waals surface area (Å²) >= 11 is 0. The van der Waals surface area contributed by atoms with E-state index in [0.717, 1.165) is 23.1 Å². The molecule has 6 heteroatoms. The van der Waals surface area contributed by atoms with Gasteiger partial charge in [-0.2, -0.15) is 0 Å². The molecule has 2 amide bonds. The molecule has 0 aliphatic carbocycles. The summed E-state index contributed by atoms with van der Waals surface area (Å²) in [7, 11) is 1.63. The van der Waals surface area contributed by atoms with Gasteiger partial charge in [0.2, 0.25) is 0 Å². The van der Waals surface area contributed by atoms with E-state index in [1.54, 1.807) is 14.0 Å². The maximum atomic E-state index is 12.9. The number of nitrogens with zero attached hydrogens (tertiary/aromatic N) is 1. The molecule has 0 aromatic heterocycles. The van der Waals surface area contributed by atoms with Crippen LogP contribution in [0.4, 0.5) is 4.79 Å². The number of likely N-dealkylation sites (N-methyl/N-ethyl adjacent to an activating group) is 1. The molecule has 2 aromatic carbocycles. The molecular formula is C24H28N2O4. The third-order valence-corrected chi connectivity index (χ3v) is 5.13. The quantitative estimate of drug-likeness (QED) is 0.699. The molecule has 1 heterocycles. The Morgan fingerprint density at radius 2 is 1.90 bits per heavy atom. The summed E-state index contributed by atoms with van der Waals surface area (Å²) in [5.74, 6) is 0.230. The Bertz CT molecular complexity index is 967. The molecule has 0 saturated carbocycles. The molecular weight excluding hydrogens is 380 g/mol. The van der Waals surface area contributed by atoms with Crippen molar-refractivity contribution >= 4 is 12.0 Å². The number of nitrogens with one attached hydrogen (secondary N) is 1. The minimum atomic E-state index is -0.603. The molecule has 0 unspecified atom stereocenters. The molecule has 1 atom stereocenters. The van der Waals surface area contributed by atoms with Crippen LogP contribution in [0.1, 0.15) is 36.6 Å². The average Bonchev–Trinajstić information content (AvgIpc) is 2.74. The summed E-state index contributed by atoms with van der Waals surface area (Å²) < 4.78 is 11.3. The van der Waals surface area contributed by atoms with E-state index in [2.05, 4.69) is 12.2 Å².